The molecule has 1 aromatic carbocycles. The summed E-state index contributed by atoms with van der Waals surface area (Å²) in [4.78, 5) is 0. The summed E-state index contributed by atoms with van der Waals surface area (Å²) in [6.45, 7) is 0. The van der Waals surface area contributed by atoms with Crippen LogP contribution in [0.4, 0.5) is 0 Å². The second-order valence-corrected chi connectivity index (χ2v) is 2.56. The fourth-order valence-electron chi connectivity index (χ4n) is 1.17. The summed E-state index contributed by atoms with van der Waals surface area (Å²) < 4.78 is 5.24. The monoisotopic (exact) mass is 142 g/mol. The molecule has 0 amide bonds. The molecule has 0 bridgehead atoms. The lowest BCUT2D eigenvalue weighted by Crippen LogP contribution is -2.05. The molecule has 1 aliphatic heterocycles. The first-order valence-electron chi connectivity index (χ1n) is 3.56. The van der Waals surface area contributed by atoms with Gasteiger partial charge in [-0.3, -0.25) is 0 Å². The topological polar surface area (TPSA) is 9.23 Å². The molecule has 11 heavy (non-hydrogen) atoms. The van der Waals surface area contributed by atoms with Gasteiger partial charge in [0.15, 0.2) is 0 Å². The minimum absolute atomic E-state index is 0.794. The van der Waals surface area contributed by atoms with E-state index in [0.717, 1.165) is 23.2 Å². The van der Waals surface area contributed by atoms with E-state index in [1.54, 1.807) is 6.26 Å². The van der Waals surface area contributed by atoms with E-state index in [9.17, 15) is 0 Å². The van der Waals surface area contributed by atoms with Crippen molar-refractivity contribution in [3.05, 3.63) is 36.1 Å². The summed E-state index contributed by atoms with van der Waals surface area (Å²) in [6, 6.07) is 5.69. The predicted octanol–water partition coefficient (Wildman–Crippen LogP) is 0.929. The van der Waals surface area contributed by atoms with E-state index in [4.69, 9.17) is 12.6 Å². The standard InChI is InChI=1S/C9H7BO/c10-8-3-4-9-7(6-8)2-1-5-11-9/h1,3-6H,2H2. The summed E-state index contributed by atoms with van der Waals surface area (Å²) >= 11 is 0. The summed E-state index contributed by atoms with van der Waals surface area (Å²) in [6.07, 6.45) is 4.60. The summed E-state index contributed by atoms with van der Waals surface area (Å²) in [7, 11) is 5.60. The van der Waals surface area contributed by atoms with Crippen LogP contribution >= 0.6 is 0 Å². The molecule has 0 atom stereocenters. The Morgan fingerprint density at radius 1 is 1.36 bits per heavy atom. The molecule has 0 saturated carbocycles. The first-order valence-corrected chi connectivity index (χ1v) is 3.56. The molecule has 0 fully saturated rings. The molecule has 52 valence electrons. The lowest BCUT2D eigenvalue weighted by Gasteiger charge is -2.11. The van der Waals surface area contributed by atoms with Crippen molar-refractivity contribution >= 4 is 13.3 Å². The third-order valence-corrected chi connectivity index (χ3v) is 1.71. The van der Waals surface area contributed by atoms with Crippen molar-refractivity contribution in [2.45, 2.75) is 6.42 Å². The fraction of sp³-hybridized carbons (Fsp3) is 0.111. The number of rotatable bonds is 0. The second-order valence-electron chi connectivity index (χ2n) is 2.56. The summed E-state index contributed by atoms with van der Waals surface area (Å²) in [5.41, 5.74) is 1.95. The Morgan fingerprint density at radius 3 is 3.18 bits per heavy atom. The number of fused-ring (bicyclic) bond motifs is 1. The first-order chi connectivity index (χ1) is 5.36. The Balaban J connectivity index is 2.48. The molecule has 0 aromatic heterocycles. The minimum atomic E-state index is 0.794. The smallest absolute Gasteiger partial charge is 0.129 e. The summed E-state index contributed by atoms with van der Waals surface area (Å²) in [5.74, 6) is 0.918. The van der Waals surface area contributed by atoms with Gasteiger partial charge >= 0.3 is 0 Å². The van der Waals surface area contributed by atoms with Gasteiger partial charge in [0.1, 0.15) is 13.6 Å². The number of hydrogen-bond acceptors (Lipinski definition) is 1. The third-order valence-electron chi connectivity index (χ3n) is 1.71. The van der Waals surface area contributed by atoms with Gasteiger partial charge in [0.05, 0.1) is 6.26 Å². The van der Waals surface area contributed by atoms with Gasteiger partial charge in [-0.15, -0.1) is 0 Å². The molecule has 0 unspecified atom stereocenters. The Labute approximate surface area is 67.1 Å². The number of hydrogen-bond donors (Lipinski definition) is 0. The van der Waals surface area contributed by atoms with Crippen molar-refractivity contribution in [3.63, 3.8) is 0 Å². The number of ether oxygens (including phenoxy) is 1. The normalized spacial score (nSPS) is 13.8. The van der Waals surface area contributed by atoms with Crippen molar-refractivity contribution in [3.8, 4) is 5.75 Å². The van der Waals surface area contributed by atoms with Crippen LogP contribution in [0.15, 0.2) is 30.5 Å². The van der Waals surface area contributed by atoms with Crippen molar-refractivity contribution in [2.24, 2.45) is 0 Å². The maximum Gasteiger partial charge on any atom is 0.129 e. The van der Waals surface area contributed by atoms with Crippen LogP contribution < -0.4 is 10.2 Å². The highest BCUT2D eigenvalue weighted by Crippen LogP contribution is 2.20. The van der Waals surface area contributed by atoms with Gasteiger partial charge in [0, 0.05) is 0 Å². The molecule has 1 heterocycles. The van der Waals surface area contributed by atoms with E-state index >= 15 is 0 Å². The van der Waals surface area contributed by atoms with Crippen molar-refractivity contribution in [2.75, 3.05) is 0 Å². The SMILES string of the molecule is [B]c1ccc2c(c1)CC=CO2. The van der Waals surface area contributed by atoms with Crippen LogP contribution in [0.1, 0.15) is 5.56 Å². The van der Waals surface area contributed by atoms with Crippen LogP contribution in [0.5, 0.6) is 5.75 Å². The minimum Gasteiger partial charge on any atom is -0.465 e. The van der Waals surface area contributed by atoms with E-state index < -0.39 is 0 Å². The Kier molecular flexibility index (Phi) is 1.46. The lowest BCUT2D eigenvalue weighted by atomic mass is 9.93. The molecule has 1 aromatic rings. The Hall–Kier alpha value is -1.18. The molecule has 1 nitrogen and oxygen atoms in total. The molecule has 2 radical (unpaired) electrons. The molecule has 2 rings (SSSR count). The molecule has 2 heteroatoms. The maximum absolute atomic E-state index is 5.60. The van der Waals surface area contributed by atoms with Gasteiger partial charge in [-0.1, -0.05) is 17.6 Å². The summed E-state index contributed by atoms with van der Waals surface area (Å²) in [5, 5.41) is 0. The highest BCUT2D eigenvalue weighted by Gasteiger charge is 2.04. The van der Waals surface area contributed by atoms with Crippen LogP contribution in [0, 0.1) is 0 Å². The maximum atomic E-state index is 5.60. The van der Waals surface area contributed by atoms with Crippen LogP contribution in [0.2, 0.25) is 0 Å². The molecule has 0 aliphatic carbocycles. The van der Waals surface area contributed by atoms with E-state index in [-0.39, 0.29) is 0 Å². The third kappa shape index (κ3) is 1.16. The predicted molar refractivity (Wildman–Crippen MR) is 45.3 cm³/mol. The van der Waals surface area contributed by atoms with Gasteiger partial charge < -0.3 is 4.74 Å². The van der Waals surface area contributed by atoms with Gasteiger partial charge in [0.2, 0.25) is 0 Å². The van der Waals surface area contributed by atoms with Crippen LogP contribution in [-0.2, 0) is 6.42 Å². The molecule has 0 spiro atoms. The van der Waals surface area contributed by atoms with Gasteiger partial charge in [0.25, 0.3) is 0 Å². The quantitative estimate of drug-likeness (QED) is 0.489. The molecular formula is C9H7BO. The molecule has 0 N–H and O–H groups in total. The average Bonchev–Trinajstić information content (AvgIpc) is 2.04. The second kappa shape index (κ2) is 2.46. The average molecular weight is 142 g/mol. The first kappa shape index (κ1) is 6.53. The van der Waals surface area contributed by atoms with Crippen molar-refractivity contribution in [1.82, 2.24) is 0 Å². The van der Waals surface area contributed by atoms with E-state index in [1.807, 2.05) is 24.3 Å². The zero-order valence-electron chi connectivity index (χ0n) is 6.08. The highest BCUT2D eigenvalue weighted by molar-refractivity contribution is 6.32. The van der Waals surface area contributed by atoms with Gasteiger partial charge in [-0.2, -0.15) is 0 Å². The van der Waals surface area contributed by atoms with Gasteiger partial charge in [-0.25, -0.2) is 0 Å². The van der Waals surface area contributed by atoms with Crippen LogP contribution in [-0.4, -0.2) is 7.85 Å². The van der Waals surface area contributed by atoms with E-state index in [1.165, 1.54) is 0 Å². The van der Waals surface area contributed by atoms with Crippen molar-refractivity contribution in [1.29, 1.82) is 0 Å². The zero-order chi connectivity index (χ0) is 7.68. The fourth-order valence-corrected chi connectivity index (χ4v) is 1.17. The van der Waals surface area contributed by atoms with Crippen LogP contribution in [0.25, 0.3) is 0 Å². The molecule has 0 saturated heterocycles. The van der Waals surface area contributed by atoms with Crippen molar-refractivity contribution < 1.29 is 4.74 Å². The lowest BCUT2D eigenvalue weighted by molar-refractivity contribution is 0.465. The Morgan fingerprint density at radius 2 is 2.27 bits per heavy atom. The van der Waals surface area contributed by atoms with E-state index in [2.05, 4.69) is 0 Å². The number of allylic oxidation sites excluding steroid dienone is 1. The number of benzene rings is 1. The largest absolute Gasteiger partial charge is 0.465 e. The Bertz CT molecular complexity index is 304. The van der Waals surface area contributed by atoms with E-state index in [0.29, 0.717) is 0 Å². The van der Waals surface area contributed by atoms with Gasteiger partial charge in [-0.05, 0) is 24.1 Å². The molecular weight excluding hydrogens is 135 g/mol. The highest BCUT2D eigenvalue weighted by atomic mass is 16.5. The zero-order valence-corrected chi connectivity index (χ0v) is 6.08. The van der Waals surface area contributed by atoms with Crippen LogP contribution in [0.3, 0.4) is 0 Å². The molecule has 1 aliphatic rings.